The van der Waals surface area contributed by atoms with Gasteiger partial charge in [0.1, 0.15) is 0 Å². The van der Waals surface area contributed by atoms with Gasteiger partial charge in [-0.15, -0.1) is 0 Å². The van der Waals surface area contributed by atoms with Crippen LogP contribution in [0.5, 0.6) is 0 Å². The molecule has 0 fully saturated rings. The van der Waals surface area contributed by atoms with E-state index in [2.05, 4.69) is 46.4 Å². The zero-order chi connectivity index (χ0) is 14.9. The second-order valence-electron chi connectivity index (χ2n) is 6.44. The number of pyridine rings is 1. The first-order valence-electron chi connectivity index (χ1n) is 8.16. The summed E-state index contributed by atoms with van der Waals surface area (Å²) in [6.45, 7) is 2.09. The maximum atomic E-state index is 4.66. The van der Waals surface area contributed by atoms with E-state index in [9.17, 15) is 0 Å². The quantitative estimate of drug-likeness (QED) is 0.725. The van der Waals surface area contributed by atoms with Gasteiger partial charge in [0.05, 0.1) is 11.2 Å². The van der Waals surface area contributed by atoms with Crippen LogP contribution < -0.4 is 0 Å². The van der Waals surface area contributed by atoms with Crippen molar-refractivity contribution >= 4 is 10.9 Å². The average molecular weight is 291 g/mol. The summed E-state index contributed by atoms with van der Waals surface area (Å²) in [6, 6.07) is 10.9. The number of benzene rings is 1. The number of aromatic nitrogens is 3. The Balaban J connectivity index is 1.64. The largest absolute Gasteiger partial charge is 0.282 e. The molecule has 3 nitrogen and oxygen atoms in total. The van der Waals surface area contributed by atoms with E-state index < -0.39 is 0 Å². The van der Waals surface area contributed by atoms with Crippen LogP contribution in [0.1, 0.15) is 35.4 Å². The molecule has 112 valence electrons. The molecule has 0 saturated carbocycles. The van der Waals surface area contributed by atoms with Crippen molar-refractivity contribution in [2.75, 3.05) is 0 Å². The Morgan fingerprint density at radius 3 is 2.95 bits per heavy atom. The second kappa shape index (κ2) is 5.56. The third-order valence-corrected chi connectivity index (χ3v) is 4.89. The number of nitrogens with zero attached hydrogens (tertiary/aromatic N) is 2. The van der Waals surface area contributed by atoms with E-state index >= 15 is 0 Å². The van der Waals surface area contributed by atoms with E-state index in [0.29, 0.717) is 5.92 Å². The molecule has 0 spiro atoms. The van der Waals surface area contributed by atoms with Crippen LogP contribution in [-0.2, 0) is 19.3 Å². The topological polar surface area (TPSA) is 41.6 Å². The molecule has 1 N–H and O–H groups in total. The van der Waals surface area contributed by atoms with E-state index in [1.807, 2.05) is 12.3 Å². The van der Waals surface area contributed by atoms with Crippen molar-refractivity contribution in [3.63, 3.8) is 0 Å². The molecule has 2 heterocycles. The first kappa shape index (κ1) is 13.5. The van der Waals surface area contributed by atoms with Gasteiger partial charge in [-0.1, -0.05) is 24.3 Å². The fourth-order valence-corrected chi connectivity index (χ4v) is 3.79. The third-order valence-electron chi connectivity index (χ3n) is 4.89. The number of fused-ring (bicyclic) bond motifs is 2. The van der Waals surface area contributed by atoms with Crippen molar-refractivity contribution < 1.29 is 0 Å². The van der Waals surface area contributed by atoms with Gasteiger partial charge >= 0.3 is 0 Å². The van der Waals surface area contributed by atoms with Gasteiger partial charge in [-0.2, -0.15) is 5.10 Å². The van der Waals surface area contributed by atoms with Crippen molar-refractivity contribution in [3.8, 4) is 0 Å². The molecule has 1 unspecified atom stereocenters. The maximum Gasteiger partial charge on any atom is 0.0957 e. The lowest BCUT2D eigenvalue weighted by Gasteiger charge is -2.15. The average Bonchev–Trinajstić information content (AvgIpc) is 2.79. The molecule has 1 atom stereocenters. The van der Waals surface area contributed by atoms with Crippen molar-refractivity contribution in [1.82, 2.24) is 15.2 Å². The summed E-state index contributed by atoms with van der Waals surface area (Å²) in [6.07, 6.45) is 7.89. The SMILES string of the molecule is Cc1[nH]nc2ccnc(CC3CCCc4ccccc4C3)c12. The van der Waals surface area contributed by atoms with Gasteiger partial charge in [-0.3, -0.25) is 10.1 Å². The van der Waals surface area contributed by atoms with Crippen LogP contribution in [-0.4, -0.2) is 15.2 Å². The highest BCUT2D eigenvalue weighted by molar-refractivity contribution is 5.83. The monoisotopic (exact) mass is 291 g/mol. The summed E-state index contributed by atoms with van der Waals surface area (Å²) in [5.74, 6) is 0.677. The van der Waals surface area contributed by atoms with Crippen LogP contribution in [0, 0.1) is 12.8 Å². The summed E-state index contributed by atoms with van der Waals surface area (Å²) in [5, 5.41) is 8.68. The molecule has 1 aliphatic rings. The predicted octanol–water partition coefficient (Wildman–Crippen LogP) is 4.00. The lowest BCUT2D eigenvalue weighted by Crippen LogP contribution is -2.09. The van der Waals surface area contributed by atoms with Crippen LogP contribution in [0.4, 0.5) is 0 Å². The number of hydrogen-bond donors (Lipinski definition) is 1. The van der Waals surface area contributed by atoms with Crippen molar-refractivity contribution in [2.45, 2.75) is 39.0 Å². The molecule has 1 aliphatic carbocycles. The highest BCUT2D eigenvalue weighted by atomic mass is 15.1. The lowest BCUT2D eigenvalue weighted by atomic mass is 9.91. The first-order valence-corrected chi connectivity index (χ1v) is 8.16. The smallest absolute Gasteiger partial charge is 0.0957 e. The molecule has 3 aromatic rings. The highest BCUT2D eigenvalue weighted by Gasteiger charge is 2.19. The van der Waals surface area contributed by atoms with E-state index in [1.54, 1.807) is 0 Å². The van der Waals surface area contributed by atoms with Gasteiger partial charge in [0.2, 0.25) is 0 Å². The Morgan fingerprint density at radius 2 is 2.05 bits per heavy atom. The normalized spacial score (nSPS) is 18.1. The van der Waals surface area contributed by atoms with Crippen molar-refractivity contribution in [2.24, 2.45) is 5.92 Å². The summed E-state index contributed by atoms with van der Waals surface area (Å²) >= 11 is 0. The molecule has 22 heavy (non-hydrogen) atoms. The maximum absolute atomic E-state index is 4.66. The minimum atomic E-state index is 0.677. The van der Waals surface area contributed by atoms with Crippen LogP contribution in [0.15, 0.2) is 36.5 Å². The zero-order valence-electron chi connectivity index (χ0n) is 13.0. The lowest BCUT2D eigenvalue weighted by molar-refractivity contribution is 0.475. The van der Waals surface area contributed by atoms with Crippen molar-refractivity contribution in [1.29, 1.82) is 0 Å². The van der Waals surface area contributed by atoms with Gasteiger partial charge in [-0.25, -0.2) is 0 Å². The van der Waals surface area contributed by atoms with Crippen molar-refractivity contribution in [3.05, 3.63) is 59.0 Å². The Bertz CT molecular complexity index is 803. The minimum absolute atomic E-state index is 0.677. The van der Waals surface area contributed by atoms with E-state index in [1.165, 1.54) is 47.9 Å². The Kier molecular flexibility index (Phi) is 3.41. The molecule has 0 amide bonds. The molecule has 1 aromatic carbocycles. The second-order valence-corrected chi connectivity index (χ2v) is 6.44. The zero-order valence-corrected chi connectivity index (χ0v) is 13.0. The summed E-state index contributed by atoms with van der Waals surface area (Å²) in [4.78, 5) is 4.66. The summed E-state index contributed by atoms with van der Waals surface area (Å²) in [7, 11) is 0. The minimum Gasteiger partial charge on any atom is -0.282 e. The van der Waals surface area contributed by atoms with E-state index in [4.69, 9.17) is 0 Å². The molecule has 0 saturated heterocycles. The Hall–Kier alpha value is -2.16. The predicted molar refractivity (Wildman–Crippen MR) is 88.9 cm³/mol. The standard InChI is InChI=1S/C19H21N3/c1-13-19-17(22-21-13)9-10-20-18(19)12-14-5-4-8-15-6-2-3-7-16(15)11-14/h2-3,6-7,9-10,14H,4-5,8,11-12H2,1H3,(H,21,22). The number of H-pyrrole nitrogens is 1. The van der Waals surface area contributed by atoms with E-state index in [0.717, 1.165) is 17.6 Å². The Labute approximate surface area is 130 Å². The molecular formula is C19H21N3. The molecule has 4 rings (SSSR count). The molecule has 2 aromatic heterocycles. The first-order chi connectivity index (χ1) is 10.8. The molecular weight excluding hydrogens is 270 g/mol. The van der Waals surface area contributed by atoms with Gasteiger partial charge in [0, 0.05) is 17.3 Å². The third kappa shape index (κ3) is 2.41. The van der Waals surface area contributed by atoms with Gasteiger partial charge in [0.15, 0.2) is 0 Å². The molecule has 0 aliphatic heterocycles. The number of rotatable bonds is 2. The van der Waals surface area contributed by atoms with Gasteiger partial charge < -0.3 is 0 Å². The summed E-state index contributed by atoms with van der Waals surface area (Å²) < 4.78 is 0. The van der Waals surface area contributed by atoms with Crippen LogP contribution >= 0.6 is 0 Å². The number of aryl methyl sites for hydroxylation is 2. The fourth-order valence-electron chi connectivity index (χ4n) is 3.79. The fraction of sp³-hybridized carbons (Fsp3) is 0.368. The Morgan fingerprint density at radius 1 is 1.18 bits per heavy atom. The van der Waals surface area contributed by atoms with E-state index in [-0.39, 0.29) is 0 Å². The van der Waals surface area contributed by atoms with Gasteiger partial charge in [0.25, 0.3) is 0 Å². The molecule has 0 radical (unpaired) electrons. The van der Waals surface area contributed by atoms with Gasteiger partial charge in [-0.05, 0) is 62.1 Å². The number of aromatic amines is 1. The van der Waals surface area contributed by atoms with Crippen LogP contribution in [0.25, 0.3) is 10.9 Å². The summed E-state index contributed by atoms with van der Waals surface area (Å²) in [5.41, 5.74) is 6.44. The number of hydrogen-bond acceptors (Lipinski definition) is 2. The van der Waals surface area contributed by atoms with Crippen LogP contribution in [0.3, 0.4) is 0 Å². The molecule has 3 heteroatoms. The van der Waals surface area contributed by atoms with Crippen LogP contribution in [0.2, 0.25) is 0 Å². The number of nitrogens with one attached hydrogen (secondary N) is 1. The highest BCUT2D eigenvalue weighted by Crippen LogP contribution is 2.29. The molecule has 0 bridgehead atoms.